The number of rotatable bonds is 2. The van der Waals surface area contributed by atoms with Crippen molar-refractivity contribution >= 4 is 24.0 Å². The van der Waals surface area contributed by atoms with Crippen molar-refractivity contribution in [1.82, 2.24) is 4.90 Å². The van der Waals surface area contributed by atoms with E-state index in [-0.39, 0.29) is 12.4 Å². The van der Waals surface area contributed by atoms with Gasteiger partial charge in [0.2, 0.25) is 0 Å². The van der Waals surface area contributed by atoms with Crippen LogP contribution in [-0.4, -0.2) is 37.2 Å². The summed E-state index contributed by atoms with van der Waals surface area (Å²) in [5.41, 5.74) is 7.19. The molecule has 0 bridgehead atoms. The van der Waals surface area contributed by atoms with Crippen molar-refractivity contribution in [3.8, 4) is 11.5 Å². The van der Waals surface area contributed by atoms with Gasteiger partial charge in [0.25, 0.3) is 0 Å². The van der Waals surface area contributed by atoms with Crippen LogP contribution in [0.2, 0.25) is 5.02 Å². The highest BCUT2D eigenvalue weighted by atomic mass is 35.5. The fraction of sp³-hybridized carbons (Fsp3) is 0.600. The summed E-state index contributed by atoms with van der Waals surface area (Å²) >= 11 is 6.32. The van der Waals surface area contributed by atoms with Crippen LogP contribution in [0.5, 0.6) is 11.5 Å². The molecule has 6 heteroatoms. The summed E-state index contributed by atoms with van der Waals surface area (Å²) in [7, 11) is 0. The van der Waals surface area contributed by atoms with E-state index in [2.05, 4.69) is 4.90 Å². The number of nitrogens with two attached hydrogens (primary N) is 1. The molecule has 0 amide bonds. The summed E-state index contributed by atoms with van der Waals surface area (Å²) in [6.07, 6.45) is 3.18. The molecule has 0 radical (unpaired) electrons. The Bertz CT molecular complexity index is 485. The predicted octanol–water partition coefficient (Wildman–Crippen LogP) is 2.85. The van der Waals surface area contributed by atoms with E-state index in [1.54, 1.807) is 0 Å². The van der Waals surface area contributed by atoms with Gasteiger partial charge in [0.15, 0.2) is 11.5 Å². The number of hydrogen-bond donors (Lipinski definition) is 1. The number of nitrogens with zero attached hydrogens (tertiary/aromatic N) is 1. The highest BCUT2D eigenvalue weighted by Gasteiger charge is 2.19. The Morgan fingerprint density at radius 2 is 2.05 bits per heavy atom. The van der Waals surface area contributed by atoms with Crippen molar-refractivity contribution in [1.29, 1.82) is 0 Å². The number of fused-ring (bicyclic) bond motifs is 1. The summed E-state index contributed by atoms with van der Waals surface area (Å²) in [6.45, 7) is 4.25. The van der Waals surface area contributed by atoms with Crippen molar-refractivity contribution in [2.45, 2.75) is 31.8 Å². The first-order chi connectivity index (χ1) is 9.72. The van der Waals surface area contributed by atoms with E-state index in [1.165, 1.54) is 6.42 Å². The fourth-order valence-electron chi connectivity index (χ4n) is 2.87. The molecule has 4 nitrogen and oxygen atoms in total. The maximum atomic E-state index is 6.32. The Kier molecular flexibility index (Phi) is 5.99. The molecular weight excluding hydrogens is 311 g/mol. The molecule has 1 aromatic rings. The first-order valence-corrected chi connectivity index (χ1v) is 7.66. The van der Waals surface area contributed by atoms with Crippen LogP contribution >= 0.6 is 24.0 Å². The van der Waals surface area contributed by atoms with Gasteiger partial charge in [-0.1, -0.05) is 11.6 Å². The molecule has 118 valence electrons. The van der Waals surface area contributed by atoms with Crippen molar-refractivity contribution in [2.75, 3.05) is 26.3 Å². The Morgan fingerprint density at radius 3 is 2.86 bits per heavy atom. The Morgan fingerprint density at radius 1 is 1.24 bits per heavy atom. The van der Waals surface area contributed by atoms with E-state index in [0.717, 1.165) is 43.8 Å². The van der Waals surface area contributed by atoms with E-state index in [0.29, 0.717) is 30.0 Å². The molecule has 2 N–H and O–H groups in total. The summed E-state index contributed by atoms with van der Waals surface area (Å²) in [4.78, 5) is 2.38. The molecule has 3 rings (SSSR count). The highest BCUT2D eigenvalue weighted by molar-refractivity contribution is 6.32. The van der Waals surface area contributed by atoms with Crippen LogP contribution < -0.4 is 15.2 Å². The van der Waals surface area contributed by atoms with Gasteiger partial charge >= 0.3 is 0 Å². The molecule has 0 aliphatic carbocycles. The van der Waals surface area contributed by atoms with E-state index in [4.69, 9.17) is 26.8 Å². The summed E-state index contributed by atoms with van der Waals surface area (Å²) < 4.78 is 11.4. The van der Waals surface area contributed by atoms with Gasteiger partial charge < -0.3 is 15.2 Å². The third-order valence-corrected chi connectivity index (χ3v) is 4.09. The second-order valence-corrected chi connectivity index (χ2v) is 6.00. The summed E-state index contributed by atoms with van der Waals surface area (Å²) in [5, 5.41) is 0.640. The van der Waals surface area contributed by atoms with Gasteiger partial charge in [-0.25, -0.2) is 0 Å². The highest BCUT2D eigenvalue weighted by Crippen LogP contribution is 2.38. The van der Waals surface area contributed by atoms with Crippen molar-refractivity contribution < 1.29 is 9.47 Å². The quantitative estimate of drug-likeness (QED) is 0.904. The SMILES string of the molecule is Cl.NC1CCCN(Cc2cc(Cl)c3c(c2)OCCCO3)C1. The standard InChI is InChI=1S/C15H21ClN2O2.ClH/c16-13-7-11(9-18-4-1-3-12(17)10-18)8-14-15(13)20-6-2-5-19-14;/h7-8,12H,1-6,9-10,17H2;1H. The van der Waals surface area contributed by atoms with Crippen LogP contribution in [0, 0.1) is 0 Å². The monoisotopic (exact) mass is 332 g/mol. The van der Waals surface area contributed by atoms with Crippen molar-refractivity contribution in [2.24, 2.45) is 5.73 Å². The van der Waals surface area contributed by atoms with Gasteiger partial charge in [0.1, 0.15) is 0 Å². The van der Waals surface area contributed by atoms with Crippen molar-refractivity contribution in [3.05, 3.63) is 22.7 Å². The van der Waals surface area contributed by atoms with Crippen LogP contribution in [0.25, 0.3) is 0 Å². The molecule has 2 aliphatic rings. The molecule has 2 aliphatic heterocycles. The van der Waals surface area contributed by atoms with Crippen LogP contribution in [0.4, 0.5) is 0 Å². The van der Waals surface area contributed by atoms with Crippen LogP contribution in [0.15, 0.2) is 12.1 Å². The minimum Gasteiger partial charge on any atom is -0.489 e. The van der Waals surface area contributed by atoms with Crippen LogP contribution in [0.1, 0.15) is 24.8 Å². The molecule has 21 heavy (non-hydrogen) atoms. The third-order valence-electron chi connectivity index (χ3n) is 3.81. The Labute approximate surface area is 136 Å². The molecule has 1 fully saturated rings. The van der Waals surface area contributed by atoms with Gasteiger partial charge in [0.05, 0.1) is 18.2 Å². The molecule has 1 aromatic carbocycles. The molecule has 0 aromatic heterocycles. The Balaban J connectivity index is 0.00000161. The van der Waals surface area contributed by atoms with Gasteiger partial charge in [-0.2, -0.15) is 0 Å². The van der Waals surface area contributed by atoms with Gasteiger partial charge in [-0.05, 0) is 37.1 Å². The van der Waals surface area contributed by atoms with Crippen LogP contribution in [0.3, 0.4) is 0 Å². The zero-order valence-corrected chi connectivity index (χ0v) is 13.6. The van der Waals surface area contributed by atoms with E-state index in [9.17, 15) is 0 Å². The zero-order chi connectivity index (χ0) is 13.9. The molecule has 2 heterocycles. The number of likely N-dealkylation sites (tertiary alicyclic amines) is 1. The van der Waals surface area contributed by atoms with Gasteiger partial charge in [0, 0.05) is 25.6 Å². The first kappa shape index (κ1) is 16.7. The molecule has 1 atom stereocenters. The molecular formula is C15H22Cl2N2O2. The smallest absolute Gasteiger partial charge is 0.179 e. The van der Waals surface area contributed by atoms with E-state index in [1.807, 2.05) is 12.1 Å². The average Bonchev–Trinajstić information content (AvgIpc) is 2.64. The number of benzene rings is 1. The van der Waals surface area contributed by atoms with Gasteiger partial charge in [-0.15, -0.1) is 12.4 Å². The van der Waals surface area contributed by atoms with Gasteiger partial charge in [-0.3, -0.25) is 4.90 Å². The lowest BCUT2D eigenvalue weighted by atomic mass is 10.1. The lowest BCUT2D eigenvalue weighted by Crippen LogP contribution is -2.42. The molecule has 1 saturated heterocycles. The topological polar surface area (TPSA) is 47.7 Å². The normalized spacial score (nSPS) is 22.3. The zero-order valence-electron chi connectivity index (χ0n) is 12.0. The number of hydrogen-bond acceptors (Lipinski definition) is 4. The maximum Gasteiger partial charge on any atom is 0.179 e. The predicted molar refractivity (Wildman–Crippen MR) is 86.8 cm³/mol. The lowest BCUT2D eigenvalue weighted by molar-refractivity contribution is 0.201. The first-order valence-electron chi connectivity index (χ1n) is 7.28. The molecule has 0 spiro atoms. The second-order valence-electron chi connectivity index (χ2n) is 5.59. The van der Waals surface area contributed by atoms with Crippen molar-refractivity contribution in [3.63, 3.8) is 0 Å². The van der Waals surface area contributed by atoms with E-state index >= 15 is 0 Å². The second kappa shape index (κ2) is 7.54. The number of ether oxygens (including phenoxy) is 2. The number of piperidine rings is 1. The lowest BCUT2D eigenvalue weighted by Gasteiger charge is -2.30. The minimum absolute atomic E-state index is 0. The molecule has 1 unspecified atom stereocenters. The fourth-order valence-corrected chi connectivity index (χ4v) is 3.16. The average molecular weight is 333 g/mol. The largest absolute Gasteiger partial charge is 0.489 e. The third kappa shape index (κ3) is 4.16. The number of halogens is 2. The maximum absolute atomic E-state index is 6.32. The summed E-state index contributed by atoms with van der Waals surface area (Å²) in [6, 6.07) is 4.32. The van der Waals surface area contributed by atoms with Crippen LogP contribution in [-0.2, 0) is 6.54 Å². The van der Waals surface area contributed by atoms with E-state index < -0.39 is 0 Å². The summed E-state index contributed by atoms with van der Waals surface area (Å²) in [5.74, 6) is 1.45. The minimum atomic E-state index is 0. The Hall–Kier alpha value is -0.680. The molecule has 0 saturated carbocycles.